The van der Waals surface area contributed by atoms with Crippen molar-refractivity contribution in [3.05, 3.63) is 12.7 Å². The van der Waals surface area contributed by atoms with Gasteiger partial charge in [0.05, 0.1) is 0 Å². The summed E-state index contributed by atoms with van der Waals surface area (Å²) in [6.45, 7) is 8.79. The molecule has 0 aliphatic carbocycles. The van der Waals surface area contributed by atoms with Gasteiger partial charge >= 0.3 is 0 Å². The molecule has 0 aromatic rings. The van der Waals surface area contributed by atoms with Crippen molar-refractivity contribution >= 4 is 0 Å². The van der Waals surface area contributed by atoms with E-state index in [1.165, 1.54) is 45.4 Å². The van der Waals surface area contributed by atoms with Crippen molar-refractivity contribution in [2.24, 2.45) is 5.92 Å². The fourth-order valence-electron chi connectivity index (χ4n) is 2.27. The molecule has 1 heterocycles. The second kappa shape index (κ2) is 7.02. The molecule has 1 atom stereocenters. The Morgan fingerprint density at radius 1 is 1.57 bits per heavy atom. The molecular weight excluding hydrogens is 172 g/mol. The van der Waals surface area contributed by atoms with E-state index in [1.54, 1.807) is 0 Å². The van der Waals surface area contributed by atoms with E-state index in [4.69, 9.17) is 0 Å². The Morgan fingerprint density at radius 3 is 3.14 bits per heavy atom. The number of nitrogens with zero attached hydrogens (tertiary/aromatic N) is 1. The van der Waals surface area contributed by atoms with Crippen molar-refractivity contribution in [3.8, 4) is 0 Å². The monoisotopic (exact) mass is 196 g/mol. The number of unbranched alkanes of at least 4 members (excludes halogenated alkanes) is 1. The molecule has 2 heteroatoms. The maximum absolute atomic E-state index is 3.76. The van der Waals surface area contributed by atoms with Gasteiger partial charge in [0.25, 0.3) is 0 Å². The molecule has 14 heavy (non-hydrogen) atoms. The first-order chi connectivity index (χ1) is 6.86. The van der Waals surface area contributed by atoms with Gasteiger partial charge in [0.1, 0.15) is 0 Å². The standard InChI is InChI=1S/C12H24N2/c1-3-4-5-8-14-9-6-7-12(11-14)10-13-2/h3,12-13H,1,4-11H2,2H3. The Balaban J connectivity index is 2.15. The lowest BCUT2D eigenvalue weighted by molar-refractivity contribution is 0.172. The van der Waals surface area contributed by atoms with E-state index in [-0.39, 0.29) is 0 Å². The molecule has 1 N–H and O–H groups in total. The molecule has 1 aliphatic heterocycles. The van der Waals surface area contributed by atoms with Crippen molar-refractivity contribution < 1.29 is 0 Å². The molecule has 0 bridgehead atoms. The van der Waals surface area contributed by atoms with Gasteiger partial charge in [-0.15, -0.1) is 6.58 Å². The van der Waals surface area contributed by atoms with Crippen LogP contribution in [0.4, 0.5) is 0 Å². The molecule has 1 saturated heterocycles. The van der Waals surface area contributed by atoms with Gasteiger partial charge in [0.2, 0.25) is 0 Å². The van der Waals surface area contributed by atoms with Crippen LogP contribution in [0.2, 0.25) is 0 Å². The first kappa shape index (κ1) is 11.7. The average Bonchev–Trinajstić information content (AvgIpc) is 2.19. The summed E-state index contributed by atoms with van der Waals surface area (Å²) < 4.78 is 0. The largest absolute Gasteiger partial charge is 0.319 e. The molecule has 0 saturated carbocycles. The van der Waals surface area contributed by atoms with Gasteiger partial charge in [-0.25, -0.2) is 0 Å². The van der Waals surface area contributed by atoms with Crippen LogP contribution in [0.5, 0.6) is 0 Å². The molecule has 0 amide bonds. The Bertz CT molecular complexity index is 154. The molecule has 82 valence electrons. The summed E-state index contributed by atoms with van der Waals surface area (Å²) in [5.41, 5.74) is 0. The highest BCUT2D eigenvalue weighted by Crippen LogP contribution is 2.15. The van der Waals surface area contributed by atoms with Crippen LogP contribution in [0, 0.1) is 5.92 Å². The zero-order valence-electron chi connectivity index (χ0n) is 9.47. The summed E-state index contributed by atoms with van der Waals surface area (Å²) in [5, 5.41) is 3.28. The minimum absolute atomic E-state index is 0.873. The fourth-order valence-corrected chi connectivity index (χ4v) is 2.27. The van der Waals surface area contributed by atoms with E-state index in [0.29, 0.717) is 0 Å². The minimum Gasteiger partial charge on any atom is -0.319 e. The number of nitrogens with one attached hydrogen (secondary N) is 1. The topological polar surface area (TPSA) is 15.3 Å². The minimum atomic E-state index is 0.873. The van der Waals surface area contributed by atoms with E-state index in [9.17, 15) is 0 Å². The zero-order chi connectivity index (χ0) is 10.2. The maximum atomic E-state index is 3.76. The smallest absolute Gasteiger partial charge is 0.00218 e. The lowest BCUT2D eigenvalue weighted by Gasteiger charge is -2.32. The van der Waals surface area contributed by atoms with Crippen LogP contribution in [0.15, 0.2) is 12.7 Å². The van der Waals surface area contributed by atoms with Crippen molar-refractivity contribution in [1.29, 1.82) is 0 Å². The summed E-state index contributed by atoms with van der Waals surface area (Å²) in [5.74, 6) is 0.873. The summed E-state index contributed by atoms with van der Waals surface area (Å²) in [6.07, 6.45) is 7.23. The second-order valence-electron chi connectivity index (χ2n) is 4.30. The molecular formula is C12H24N2. The van der Waals surface area contributed by atoms with Gasteiger partial charge in [-0.1, -0.05) is 6.08 Å². The molecule has 0 aromatic carbocycles. The fraction of sp³-hybridized carbons (Fsp3) is 0.833. The predicted molar refractivity (Wildman–Crippen MR) is 62.5 cm³/mol. The SMILES string of the molecule is C=CCCCN1CCCC(CNC)C1. The van der Waals surface area contributed by atoms with Crippen molar-refractivity contribution in [1.82, 2.24) is 10.2 Å². The molecule has 1 unspecified atom stereocenters. The highest BCUT2D eigenvalue weighted by Gasteiger charge is 2.18. The van der Waals surface area contributed by atoms with Crippen LogP contribution >= 0.6 is 0 Å². The van der Waals surface area contributed by atoms with Crippen LogP contribution in [0.1, 0.15) is 25.7 Å². The number of hydrogen-bond acceptors (Lipinski definition) is 2. The van der Waals surface area contributed by atoms with Crippen molar-refractivity contribution in [3.63, 3.8) is 0 Å². The van der Waals surface area contributed by atoms with Crippen LogP contribution in [-0.4, -0.2) is 38.1 Å². The third-order valence-corrected chi connectivity index (χ3v) is 2.98. The van der Waals surface area contributed by atoms with Crippen LogP contribution in [0.3, 0.4) is 0 Å². The number of piperidine rings is 1. The molecule has 1 aliphatic rings. The van der Waals surface area contributed by atoms with Gasteiger partial charge in [0, 0.05) is 6.54 Å². The Hall–Kier alpha value is -0.340. The lowest BCUT2D eigenvalue weighted by atomic mass is 9.98. The Labute approximate surface area is 88.4 Å². The molecule has 2 nitrogen and oxygen atoms in total. The highest BCUT2D eigenvalue weighted by atomic mass is 15.1. The summed E-state index contributed by atoms with van der Waals surface area (Å²) in [6, 6.07) is 0. The normalized spacial score (nSPS) is 23.6. The highest BCUT2D eigenvalue weighted by molar-refractivity contribution is 4.75. The lowest BCUT2D eigenvalue weighted by Crippen LogP contribution is -2.39. The predicted octanol–water partition coefficient (Wildman–Crippen LogP) is 1.88. The Morgan fingerprint density at radius 2 is 2.43 bits per heavy atom. The van der Waals surface area contributed by atoms with Gasteiger partial charge in [-0.05, 0) is 58.3 Å². The summed E-state index contributed by atoms with van der Waals surface area (Å²) in [7, 11) is 2.05. The third kappa shape index (κ3) is 4.25. The van der Waals surface area contributed by atoms with E-state index < -0.39 is 0 Å². The average molecular weight is 196 g/mol. The first-order valence-corrected chi connectivity index (χ1v) is 5.84. The number of likely N-dealkylation sites (tertiary alicyclic amines) is 1. The van der Waals surface area contributed by atoms with E-state index >= 15 is 0 Å². The number of rotatable bonds is 6. The summed E-state index contributed by atoms with van der Waals surface area (Å²) in [4.78, 5) is 2.61. The third-order valence-electron chi connectivity index (χ3n) is 2.98. The second-order valence-corrected chi connectivity index (χ2v) is 4.30. The van der Waals surface area contributed by atoms with E-state index in [0.717, 1.165) is 12.3 Å². The van der Waals surface area contributed by atoms with Gasteiger partial charge < -0.3 is 10.2 Å². The van der Waals surface area contributed by atoms with Gasteiger partial charge in [-0.2, -0.15) is 0 Å². The zero-order valence-corrected chi connectivity index (χ0v) is 9.47. The van der Waals surface area contributed by atoms with Gasteiger partial charge in [-0.3, -0.25) is 0 Å². The molecule has 0 aromatic heterocycles. The van der Waals surface area contributed by atoms with Crippen molar-refractivity contribution in [2.45, 2.75) is 25.7 Å². The molecule has 1 fully saturated rings. The molecule has 0 radical (unpaired) electrons. The van der Waals surface area contributed by atoms with Crippen LogP contribution in [0.25, 0.3) is 0 Å². The van der Waals surface area contributed by atoms with E-state index in [2.05, 4.69) is 23.8 Å². The van der Waals surface area contributed by atoms with Crippen LogP contribution < -0.4 is 5.32 Å². The maximum Gasteiger partial charge on any atom is 0.00218 e. The molecule has 1 rings (SSSR count). The molecule has 0 spiro atoms. The first-order valence-electron chi connectivity index (χ1n) is 5.84. The Kier molecular flexibility index (Phi) is 5.88. The van der Waals surface area contributed by atoms with Gasteiger partial charge in [0.15, 0.2) is 0 Å². The van der Waals surface area contributed by atoms with Crippen molar-refractivity contribution in [2.75, 3.05) is 33.2 Å². The van der Waals surface area contributed by atoms with Crippen LogP contribution in [-0.2, 0) is 0 Å². The number of hydrogen-bond donors (Lipinski definition) is 1. The van der Waals surface area contributed by atoms with E-state index in [1.807, 2.05) is 6.08 Å². The quantitative estimate of drug-likeness (QED) is 0.515. The summed E-state index contributed by atoms with van der Waals surface area (Å²) >= 11 is 0. The number of allylic oxidation sites excluding steroid dienone is 1.